The molecule has 0 saturated heterocycles. The van der Waals surface area contributed by atoms with E-state index in [0.29, 0.717) is 11.5 Å². The lowest BCUT2D eigenvalue weighted by molar-refractivity contribution is 0.279. The zero-order valence-electron chi connectivity index (χ0n) is 6.22. The molecule has 1 nitrogen and oxygen atoms in total. The second kappa shape index (κ2) is 2.14. The van der Waals surface area contributed by atoms with Crippen molar-refractivity contribution >= 4 is 0 Å². The Hall–Kier alpha value is -0.300. The molecule has 0 fully saturated rings. The van der Waals surface area contributed by atoms with E-state index in [4.69, 9.17) is 5.73 Å². The van der Waals surface area contributed by atoms with Crippen LogP contribution >= 0.6 is 0 Å². The highest BCUT2D eigenvalue weighted by molar-refractivity contribution is 5.00. The van der Waals surface area contributed by atoms with E-state index in [0.717, 1.165) is 12.8 Å². The average molecular weight is 125 g/mol. The fraction of sp³-hybridized carbons (Fsp3) is 0.750. The van der Waals surface area contributed by atoms with Crippen molar-refractivity contribution in [1.29, 1.82) is 0 Å². The molecule has 0 aliphatic heterocycles. The second-order valence-corrected chi connectivity index (χ2v) is 3.51. The van der Waals surface area contributed by atoms with Crippen LogP contribution in [0, 0.1) is 5.41 Å². The van der Waals surface area contributed by atoms with Crippen molar-refractivity contribution in [3.63, 3.8) is 0 Å². The number of nitrogens with two attached hydrogens (primary N) is 1. The maximum Gasteiger partial charge on any atom is 0.0128 e. The molecule has 2 N–H and O–H groups in total. The van der Waals surface area contributed by atoms with Crippen LogP contribution in [-0.4, -0.2) is 6.04 Å². The summed E-state index contributed by atoms with van der Waals surface area (Å²) < 4.78 is 0. The molecule has 1 rings (SSSR count). The van der Waals surface area contributed by atoms with Crippen molar-refractivity contribution < 1.29 is 0 Å². The number of rotatable bonds is 0. The minimum atomic E-state index is 0.328. The van der Waals surface area contributed by atoms with Gasteiger partial charge in [-0.3, -0.25) is 0 Å². The van der Waals surface area contributed by atoms with Gasteiger partial charge in [0, 0.05) is 6.04 Å². The maximum atomic E-state index is 5.86. The first-order valence-corrected chi connectivity index (χ1v) is 3.53. The Morgan fingerprint density at radius 1 is 1.44 bits per heavy atom. The molecule has 0 aromatic heterocycles. The fourth-order valence-corrected chi connectivity index (χ4v) is 1.10. The summed E-state index contributed by atoms with van der Waals surface area (Å²) in [5.74, 6) is 0. The zero-order chi connectivity index (χ0) is 6.91. The SMILES string of the molecule is CC1(C)CC=CCC1N. The van der Waals surface area contributed by atoms with Crippen molar-refractivity contribution in [2.75, 3.05) is 0 Å². The van der Waals surface area contributed by atoms with E-state index in [1.54, 1.807) is 0 Å². The van der Waals surface area contributed by atoms with Gasteiger partial charge < -0.3 is 5.73 Å². The van der Waals surface area contributed by atoms with Crippen molar-refractivity contribution in [3.05, 3.63) is 12.2 Å². The van der Waals surface area contributed by atoms with Crippen molar-refractivity contribution in [1.82, 2.24) is 0 Å². The van der Waals surface area contributed by atoms with Gasteiger partial charge >= 0.3 is 0 Å². The Morgan fingerprint density at radius 2 is 2.11 bits per heavy atom. The highest BCUT2D eigenvalue weighted by Crippen LogP contribution is 2.29. The largest absolute Gasteiger partial charge is 0.327 e. The van der Waals surface area contributed by atoms with Gasteiger partial charge in [0.15, 0.2) is 0 Å². The molecule has 0 aromatic rings. The Kier molecular flexibility index (Phi) is 1.62. The van der Waals surface area contributed by atoms with E-state index in [-0.39, 0.29) is 0 Å². The molecule has 1 heteroatoms. The lowest BCUT2D eigenvalue weighted by atomic mass is 9.77. The predicted molar refractivity (Wildman–Crippen MR) is 40.1 cm³/mol. The third kappa shape index (κ3) is 1.33. The van der Waals surface area contributed by atoms with Gasteiger partial charge in [0.1, 0.15) is 0 Å². The molecular formula is C8H15N. The topological polar surface area (TPSA) is 26.0 Å². The smallest absolute Gasteiger partial charge is 0.0128 e. The van der Waals surface area contributed by atoms with Crippen LogP contribution < -0.4 is 5.73 Å². The molecule has 0 amide bonds. The maximum absolute atomic E-state index is 5.86. The summed E-state index contributed by atoms with van der Waals surface area (Å²) in [5.41, 5.74) is 6.19. The summed E-state index contributed by atoms with van der Waals surface area (Å²) in [6.45, 7) is 4.45. The summed E-state index contributed by atoms with van der Waals surface area (Å²) in [5, 5.41) is 0. The van der Waals surface area contributed by atoms with Crippen molar-refractivity contribution in [2.24, 2.45) is 11.1 Å². The molecule has 1 aliphatic carbocycles. The average Bonchev–Trinajstić information content (AvgIpc) is 1.77. The summed E-state index contributed by atoms with van der Waals surface area (Å²) in [7, 11) is 0. The van der Waals surface area contributed by atoms with Crippen LogP contribution in [0.5, 0.6) is 0 Å². The summed E-state index contributed by atoms with van der Waals surface area (Å²) >= 11 is 0. The van der Waals surface area contributed by atoms with Gasteiger partial charge in [-0.1, -0.05) is 26.0 Å². The first-order chi connectivity index (χ1) is 4.13. The second-order valence-electron chi connectivity index (χ2n) is 3.51. The number of hydrogen-bond donors (Lipinski definition) is 1. The van der Waals surface area contributed by atoms with E-state index in [1.807, 2.05) is 0 Å². The van der Waals surface area contributed by atoms with E-state index >= 15 is 0 Å². The standard InChI is InChI=1S/C8H15N/c1-8(2)6-4-3-5-7(8)9/h3-4,7H,5-6,9H2,1-2H3. The fourth-order valence-electron chi connectivity index (χ4n) is 1.10. The molecule has 1 atom stereocenters. The van der Waals surface area contributed by atoms with Gasteiger partial charge in [-0.2, -0.15) is 0 Å². The minimum Gasteiger partial charge on any atom is -0.327 e. The quantitative estimate of drug-likeness (QED) is 0.490. The lowest BCUT2D eigenvalue weighted by Gasteiger charge is -2.32. The Morgan fingerprint density at radius 3 is 2.44 bits per heavy atom. The number of allylic oxidation sites excluding steroid dienone is 1. The van der Waals surface area contributed by atoms with Crippen LogP contribution in [0.25, 0.3) is 0 Å². The Bertz CT molecular complexity index is 125. The molecule has 9 heavy (non-hydrogen) atoms. The van der Waals surface area contributed by atoms with E-state index in [9.17, 15) is 0 Å². The van der Waals surface area contributed by atoms with Gasteiger partial charge in [0.25, 0.3) is 0 Å². The molecule has 0 spiro atoms. The van der Waals surface area contributed by atoms with Crippen LogP contribution in [0.2, 0.25) is 0 Å². The third-order valence-corrected chi connectivity index (χ3v) is 2.20. The van der Waals surface area contributed by atoms with Crippen LogP contribution in [0.15, 0.2) is 12.2 Å². The molecule has 1 unspecified atom stereocenters. The zero-order valence-corrected chi connectivity index (χ0v) is 6.22. The third-order valence-electron chi connectivity index (χ3n) is 2.20. The van der Waals surface area contributed by atoms with E-state index in [1.165, 1.54) is 0 Å². The van der Waals surface area contributed by atoms with Gasteiger partial charge in [-0.05, 0) is 18.3 Å². The van der Waals surface area contributed by atoms with Crippen LogP contribution in [0.3, 0.4) is 0 Å². The number of hydrogen-bond acceptors (Lipinski definition) is 1. The monoisotopic (exact) mass is 125 g/mol. The highest BCUT2D eigenvalue weighted by atomic mass is 14.7. The molecule has 0 radical (unpaired) electrons. The molecule has 0 heterocycles. The van der Waals surface area contributed by atoms with Crippen molar-refractivity contribution in [3.8, 4) is 0 Å². The summed E-state index contributed by atoms with van der Waals surface area (Å²) in [6.07, 6.45) is 6.58. The molecule has 0 aromatic carbocycles. The molecule has 0 saturated carbocycles. The van der Waals surface area contributed by atoms with Gasteiger partial charge in [0.05, 0.1) is 0 Å². The van der Waals surface area contributed by atoms with Crippen LogP contribution in [0.1, 0.15) is 26.7 Å². The Labute approximate surface area is 56.9 Å². The summed E-state index contributed by atoms with van der Waals surface area (Å²) in [6, 6.07) is 0.363. The van der Waals surface area contributed by atoms with E-state index < -0.39 is 0 Å². The Balaban J connectivity index is 2.64. The lowest BCUT2D eigenvalue weighted by Crippen LogP contribution is -2.38. The first-order valence-electron chi connectivity index (χ1n) is 3.53. The minimum absolute atomic E-state index is 0.328. The normalized spacial score (nSPS) is 32.6. The van der Waals surface area contributed by atoms with Gasteiger partial charge in [0.2, 0.25) is 0 Å². The molecule has 0 bridgehead atoms. The van der Waals surface area contributed by atoms with Gasteiger partial charge in [-0.15, -0.1) is 0 Å². The van der Waals surface area contributed by atoms with E-state index in [2.05, 4.69) is 26.0 Å². The van der Waals surface area contributed by atoms with Crippen LogP contribution in [-0.2, 0) is 0 Å². The van der Waals surface area contributed by atoms with Crippen LogP contribution in [0.4, 0.5) is 0 Å². The van der Waals surface area contributed by atoms with Gasteiger partial charge in [-0.25, -0.2) is 0 Å². The molecular weight excluding hydrogens is 110 g/mol. The molecule has 52 valence electrons. The first kappa shape index (κ1) is 6.81. The van der Waals surface area contributed by atoms with Crippen molar-refractivity contribution in [2.45, 2.75) is 32.7 Å². The summed E-state index contributed by atoms with van der Waals surface area (Å²) in [4.78, 5) is 0. The molecule has 1 aliphatic rings. The predicted octanol–water partition coefficient (Wildman–Crippen LogP) is 1.69. The highest BCUT2D eigenvalue weighted by Gasteiger charge is 2.26.